The van der Waals surface area contributed by atoms with Crippen molar-refractivity contribution in [3.05, 3.63) is 63.6 Å². The Hall–Kier alpha value is -2.68. The molecule has 0 radical (unpaired) electrons. The second kappa shape index (κ2) is 10.7. The highest BCUT2D eigenvalue weighted by Crippen LogP contribution is 2.29. The zero-order valence-electron chi connectivity index (χ0n) is 18.5. The van der Waals surface area contributed by atoms with Gasteiger partial charge in [0.1, 0.15) is 0 Å². The Morgan fingerprint density at radius 1 is 1.26 bits per heavy atom. The molecule has 0 aliphatic carbocycles. The maximum atomic E-state index is 13.1. The number of nitrogens with zero attached hydrogens (tertiary/aromatic N) is 2. The minimum Gasteiger partial charge on any atom is -0.466 e. The minimum atomic E-state index is -1.01. The molecular formula is C24H24Cl2N4O3S. The normalized spacial score (nSPS) is 19.9. The Bertz CT molecular complexity index is 1160. The average Bonchev–Trinajstić information content (AvgIpc) is 2.96. The molecule has 2 aromatic carbocycles. The van der Waals surface area contributed by atoms with Crippen LogP contribution >= 0.6 is 35.4 Å². The number of nitrogens with one attached hydrogen (secondary N) is 2. The number of likely N-dealkylation sites (tertiary alicyclic amines) is 1. The number of anilines is 1. The molecule has 0 saturated carbocycles. The summed E-state index contributed by atoms with van der Waals surface area (Å²) in [6.07, 6.45) is 0.528. The number of thiocarbonyl (C=S) groups is 1. The first-order chi connectivity index (χ1) is 16.4. The van der Waals surface area contributed by atoms with E-state index in [2.05, 4.69) is 10.6 Å². The lowest BCUT2D eigenvalue weighted by atomic mass is 9.98. The summed E-state index contributed by atoms with van der Waals surface area (Å²) >= 11 is 18.4. The molecule has 10 heteroatoms. The highest BCUT2D eigenvalue weighted by molar-refractivity contribution is 7.80. The summed E-state index contributed by atoms with van der Waals surface area (Å²) in [4.78, 5) is 31.9. The van der Waals surface area contributed by atoms with Gasteiger partial charge in [-0.3, -0.25) is 9.59 Å². The molecule has 2 heterocycles. The van der Waals surface area contributed by atoms with Crippen LogP contribution in [0.25, 0.3) is 0 Å². The lowest BCUT2D eigenvalue weighted by molar-refractivity contribution is -0.149. The number of amides is 1. The van der Waals surface area contributed by atoms with E-state index in [0.717, 1.165) is 12.8 Å². The number of rotatable bonds is 4. The summed E-state index contributed by atoms with van der Waals surface area (Å²) < 4.78 is 5.17. The summed E-state index contributed by atoms with van der Waals surface area (Å²) in [6.45, 7) is 3.22. The second-order valence-corrected chi connectivity index (χ2v) is 9.26. The van der Waals surface area contributed by atoms with Gasteiger partial charge in [-0.25, -0.2) is 4.99 Å². The summed E-state index contributed by atoms with van der Waals surface area (Å²) in [5.41, 5.74) is 2.42. The van der Waals surface area contributed by atoms with E-state index in [1.165, 1.54) is 0 Å². The third kappa shape index (κ3) is 5.35. The number of hydrogen-bond acceptors (Lipinski definition) is 5. The fourth-order valence-corrected chi connectivity index (χ4v) is 4.74. The van der Waals surface area contributed by atoms with Crippen LogP contribution < -0.4 is 10.6 Å². The van der Waals surface area contributed by atoms with Crippen molar-refractivity contribution >= 4 is 63.8 Å². The molecule has 1 amide bonds. The molecule has 0 bridgehead atoms. The molecule has 7 nitrogen and oxygen atoms in total. The van der Waals surface area contributed by atoms with E-state index in [1.807, 2.05) is 23.1 Å². The smallest absolute Gasteiger partial charge is 0.310 e. The van der Waals surface area contributed by atoms with E-state index >= 15 is 0 Å². The predicted octanol–water partition coefficient (Wildman–Crippen LogP) is 4.26. The van der Waals surface area contributed by atoms with E-state index in [9.17, 15) is 9.59 Å². The number of ether oxygens (including phenoxy) is 1. The van der Waals surface area contributed by atoms with Crippen LogP contribution in [0, 0.1) is 5.92 Å². The van der Waals surface area contributed by atoms with Crippen LogP contribution in [-0.4, -0.2) is 53.5 Å². The molecule has 0 spiro atoms. The predicted molar refractivity (Wildman–Crippen MR) is 138 cm³/mol. The molecule has 178 valence electrons. The van der Waals surface area contributed by atoms with Crippen molar-refractivity contribution in [2.45, 2.75) is 25.9 Å². The summed E-state index contributed by atoms with van der Waals surface area (Å²) in [7, 11) is 0. The van der Waals surface area contributed by atoms with Gasteiger partial charge in [-0.2, -0.15) is 0 Å². The van der Waals surface area contributed by atoms with Crippen molar-refractivity contribution < 1.29 is 14.3 Å². The largest absolute Gasteiger partial charge is 0.466 e. The summed E-state index contributed by atoms with van der Waals surface area (Å²) in [5, 5.41) is 7.32. The monoisotopic (exact) mass is 518 g/mol. The molecule has 1 saturated heterocycles. The molecule has 2 aromatic rings. The number of carbonyl (C=O) groups excluding carboxylic acids is 2. The SMILES string of the molecule is CCOC(=O)C1CCCN(C(=S)NC2N=C(c3ccccc3Cl)c3cc(Cl)ccc3NC2=O)C1. The maximum absolute atomic E-state index is 13.1. The van der Waals surface area contributed by atoms with Gasteiger partial charge in [-0.05, 0) is 56.2 Å². The van der Waals surface area contributed by atoms with Crippen LogP contribution in [0.1, 0.15) is 30.9 Å². The number of hydrogen-bond donors (Lipinski definition) is 2. The summed E-state index contributed by atoms with van der Waals surface area (Å²) in [5.74, 6) is -0.856. The highest BCUT2D eigenvalue weighted by Gasteiger charge is 2.31. The van der Waals surface area contributed by atoms with E-state index in [1.54, 1.807) is 31.2 Å². The highest BCUT2D eigenvalue weighted by atomic mass is 35.5. The molecule has 2 unspecified atom stereocenters. The lowest BCUT2D eigenvalue weighted by Crippen LogP contribution is -2.52. The first-order valence-corrected chi connectivity index (χ1v) is 12.2. The van der Waals surface area contributed by atoms with Gasteiger partial charge in [0.2, 0.25) is 6.17 Å². The number of piperidine rings is 1. The zero-order chi connectivity index (χ0) is 24.2. The fourth-order valence-electron chi connectivity index (χ4n) is 4.07. The number of fused-ring (bicyclic) bond motifs is 1. The van der Waals surface area contributed by atoms with E-state index in [-0.39, 0.29) is 17.8 Å². The van der Waals surface area contributed by atoms with Gasteiger partial charge in [0.05, 0.1) is 23.9 Å². The van der Waals surface area contributed by atoms with E-state index < -0.39 is 6.17 Å². The Labute approximate surface area is 213 Å². The topological polar surface area (TPSA) is 83.0 Å². The first kappa shape index (κ1) is 24.4. The van der Waals surface area contributed by atoms with Crippen LogP contribution in [0.2, 0.25) is 10.0 Å². The van der Waals surface area contributed by atoms with Gasteiger partial charge in [0.15, 0.2) is 5.11 Å². The molecule has 4 rings (SSSR count). The van der Waals surface area contributed by atoms with Gasteiger partial charge >= 0.3 is 5.97 Å². The average molecular weight is 519 g/mol. The Morgan fingerprint density at radius 2 is 2.06 bits per heavy atom. The van der Waals surface area contributed by atoms with Crippen molar-refractivity contribution in [3.63, 3.8) is 0 Å². The first-order valence-electron chi connectivity index (χ1n) is 11.0. The summed E-state index contributed by atoms with van der Waals surface area (Å²) in [6, 6.07) is 12.5. The van der Waals surface area contributed by atoms with Crippen LogP contribution in [0.3, 0.4) is 0 Å². The number of carbonyl (C=O) groups is 2. The van der Waals surface area contributed by atoms with Gasteiger partial charge < -0.3 is 20.3 Å². The molecule has 0 aromatic heterocycles. The standard InChI is InChI=1S/C24H24Cl2N4O3S/c1-2-33-23(32)14-6-5-11-30(13-14)24(34)29-21-22(31)27-19-10-9-15(25)12-17(19)20(28-21)16-7-3-4-8-18(16)26/h3-4,7-10,12,14,21H,2,5-6,11,13H2,1H3,(H,27,31)(H,29,34). The van der Waals surface area contributed by atoms with Crippen molar-refractivity contribution in [1.29, 1.82) is 0 Å². The van der Waals surface area contributed by atoms with Gasteiger partial charge in [-0.1, -0.05) is 41.4 Å². The van der Waals surface area contributed by atoms with E-state index in [4.69, 9.17) is 45.1 Å². The molecule has 1 fully saturated rings. The molecular weight excluding hydrogens is 495 g/mol. The number of benzene rings is 2. The molecule has 34 heavy (non-hydrogen) atoms. The minimum absolute atomic E-state index is 0.228. The number of aliphatic imine (C=N–C) groups is 1. The Morgan fingerprint density at radius 3 is 2.82 bits per heavy atom. The van der Waals surface area contributed by atoms with Crippen molar-refractivity contribution in [2.75, 3.05) is 25.0 Å². The van der Waals surface area contributed by atoms with Crippen LogP contribution in [0.15, 0.2) is 47.5 Å². The maximum Gasteiger partial charge on any atom is 0.310 e. The van der Waals surface area contributed by atoms with Crippen molar-refractivity contribution in [2.24, 2.45) is 10.9 Å². The van der Waals surface area contributed by atoms with Crippen molar-refractivity contribution in [1.82, 2.24) is 10.2 Å². The second-order valence-electron chi connectivity index (χ2n) is 8.03. The van der Waals surface area contributed by atoms with Gasteiger partial charge in [-0.15, -0.1) is 0 Å². The number of esters is 1. The molecule has 2 N–H and O–H groups in total. The molecule has 2 aliphatic rings. The van der Waals surface area contributed by atoms with Gasteiger partial charge in [0, 0.05) is 34.3 Å². The number of benzodiazepines with no additional fused rings is 1. The van der Waals surface area contributed by atoms with Crippen LogP contribution in [0.4, 0.5) is 5.69 Å². The number of halogens is 2. The van der Waals surface area contributed by atoms with Crippen LogP contribution in [0.5, 0.6) is 0 Å². The zero-order valence-corrected chi connectivity index (χ0v) is 20.8. The lowest BCUT2D eigenvalue weighted by Gasteiger charge is -2.34. The van der Waals surface area contributed by atoms with E-state index in [0.29, 0.717) is 57.4 Å². The van der Waals surface area contributed by atoms with Gasteiger partial charge in [0.25, 0.3) is 5.91 Å². The quantitative estimate of drug-likeness (QED) is 0.464. The van der Waals surface area contributed by atoms with Crippen molar-refractivity contribution in [3.8, 4) is 0 Å². The Balaban J connectivity index is 1.63. The third-order valence-corrected chi connectivity index (χ3v) is 6.66. The van der Waals surface area contributed by atoms with Crippen LogP contribution in [-0.2, 0) is 14.3 Å². The Kier molecular flexibility index (Phi) is 7.70. The molecule has 2 aliphatic heterocycles. The molecule has 2 atom stereocenters. The third-order valence-electron chi connectivity index (χ3n) is 5.72. The fraction of sp³-hybridized carbons (Fsp3) is 0.333.